The van der Waals surface area contributed by atoms with Crippen LogP contribution in [0.1, 0.15) is 23.7 Å². The van der Waals surface area contributed by atoms with Crippen LogP contribution >= 0.6 is 11.8 Å². The van der Waals surface area contributed by atoms with Gasteiger partial charge in [-0.2, -0.15) is 0 Å². The molecule has 0 unspecified atom stereocenters. The predicted molar refractivity (Wildman–Crippen MR) is 110 cm³/mol. The van der Waals surface area contributed by atoms with Crippen LogP contribution in [-0.4, -0.2) is 39.9 Å². The van der Waals surface area contributed by atoms with Crippen molar-refractivity contribution in [2.75, 3.05) is 16.8 Å². The van der Waals surface area contributed by atoms with Crippen molar-refractivity contribution in [3.8, 4) is 0 Å². The molecule has 1 heterocycles. The first-order valence-electron chi connectivity index (χ1n) is 8.83. The van der Waals surface area contributed by atoms with E-state index < -0.39 is 22.9 Å². The summed E-state index contributed by atoms with van der Waals surface area (Å²) in [6.07, 6.45) is -0.0161. The fraction of sp³-hybridized carbons (Fsp3) is 0.200. The molecule has 1 aliphatic rings. The first-order chi connectivity index (χ1) is 13.9. The van der Waals surface area contributed by atoms with Crippen LogP contribution in [-0.2, 0) is 9.59 Å². The van der Waals surface area contributed by atoms with E-state index >= 15 is 0 Å². The van der Waals surface area contributed by atoms with E-state index in [-0.39, 0.29) is 17.9 Å². The Morgan fingerprint density at radius 2 is 2.00 bits per heavy atom. The van der Waals surface area contributed by atoms with E-state index in [1.54, 1.807) is 12.1 Å². The summed E-state index contributed by atoms with van der Waals surface area (Å²) in [6.45, 7) is 2.27. The van der Waals surface area contributed by atoms with Crippen molar-refractivity contribution in [3.05, 3.63) is 59.9 Å². The minimum atomic E-state index is -1.09. The van der Waals surface area contributed by atoms with Crippen molar-refractivity contribution in [3.63, 3.8) is 0 Å². The molecule has 29 heavy (non-hydrogen) atoms. The van der Waals surface area contributed by atoms with Gasteiger partial charge in [-0.05, 0) is 49.4 Å². The van der Waals surface area contributed by atoms with Gasteiger partial charge < -0.3 is 10.4 Å². The molecule has 7 nitrogen and oxygen atoms in total. The van der Waals surface area contributed by atoms with E-state index in [1.807, 2.05) is 6.92 Å². The van der Waals surface area contributed by atoms with Crippen molar-refractivity contribution in [1.82, 2.24) is 0 Å². The number of anilines is 2. The number of aromatic carboxylic acids is 1. The second-order valence-electron chi connectivity index (χ2n) is 6.14. The molecule has 0 saturated carbocycles. The summed E-state index contributed by atoms with van der Waals surface area (Å²) in [4.78, 5) is 41.6. The molecule has 9 heteroatoms. The van der Waals surface area contributed by atoms with Gasteiger partial charge in [0.25, 0.3) is 0 Å². The van der Waals surface area contributed by atoms with E-state index in [0.717, 1.165) is 16.7 Å². The van der Waals surface area contributed by atoms with Crippen LogP contribution < -0.4 is 10.2 Å². The molecule has 0 aromatic heterocycles. The van der Waals surface area contributed by atoms with Gasteiger partial charge in [0.05, 0.1) is 11.3 Å². The zero-order valence-electron chi connectivity index (χ0n) is 15.5. The Kier molecular flexibility index (Phi) is 6.28. The van der Waals surface area contributed by atoms with Crippen LogP contribution in [0.3, 0.4) is 0 Å². The Balaban J connectivity index is 1.75. The van der Waals surface area contributed by atoms with Crippen LogP contribution in [0.15, 0.2) is 53.5 Å². The second kappa shape index (κ2) is 8.87. The summed E-state index contributed by atoms with van der Waals surface area (Å²) >= 11 is 1.11. The number of nitrogens with one attached hydrogen (secondary N) is 1. The largest absolute Gasteiger partial charge is 0.478 e. The molecule has 3 rings (SSSR count). The zero-order chi connectivity index (χ0) is 21.0. The molecule has 0 aliphatic carbocycles. The fourth-order valence-electron chi connectivity index (χ4n) is 2.79. The maximum atomic E-state index is 13.4. The van der Waals surface area contributed by atoms with Gasteiger partial charge >= 0.3 is 5.97 Å². The minimum absolute atomic E-state index is 0.0161. The number of hydrogen-bond acceptors (Lipinski definition) is 5. The lowest BCUT2D eigenvalue weighted by Crippen LogP contribution is -2.31. The first kappa shape index (κ1) is 20.5. The molecule has 1 saturated heterocycles. The Morgan fingerprint density at radius 3 is 2.62 bits per heavy atom. The van der Waals surface area contributed by atoms with Crippen molar-refractivity contribution in [2.24, 2.45) is 4.99 Å². The number of benzene rings is 2. The zero-order valence-corrected chi connectivity index (χ0v) is 16.3. The topological polar surface area (TPSA) is 99.1 Å². The number of aliphatic imine (C=N–C) groups is 1. The fourth-order valence-corrected chi connectivity index (χ4v) is 3.88. The van der Waals surface area contributed by atoms with E-state index in [0.29, 0.717) is 23.1 Å². The van der Waals surface area contributed by atoms with Gasteiger partial charge in [0.2, 0.25) is 11.8 Å². The summed E-state index contributed by atoms with van der Waals surface area (Å²) in [5.41, 5.74) is 0.873. The summed E-state index contributed by atoms with van der Waals surface area (Å²) in [5, 5.41) is 11.7. The smallest absolute Gasteiger partial charge is 0.335 e. The van der Waals surface area contributed by atoms with Gasteiger partial charge in [-0.25, -0.2) is 14.1 Å². The van der Waals surface area contributed by atoms with E-state index in [4.69, 9.17) is 5.11 Å². The lowest BCUT2D eigenvalue weighted by atomic mass is 10.2. The molecule has 2 N–H and O–H groups in total. The van der Waals surface area contributed by atoms with Gasteiger partial charge in [-0.15, -0.1) is 0 Å². The second-order valence-corrected chi connectivity index (χ2v) is 7.34. The number of carboxylic acid groups (broad SMARTS) is 1. The molecule has 1 aliphatic heterocycles. The van der Waals surface area contributed by atoms with E-state index in [9.17, 15) is 18.8 Å². The molecule has 2 aromatic rings. The Morgan fingerprint density at radius 1 is 1.28 bits per heavy atom. The summed E-state index contributed by atoms with van der Waals surface area (Å²) < 4.78 is 13.4. The van der Waals surface area contributed by atoms with Gasteiger partial charge in [-0.1, -0.05) is 17.8 Å². The highest BCUT2D eigenvalue weighted by molar-refractivity contribution is 8.15. The third kappa shape index (κ3) is 4.80. The number of carbonyl (C=O) groups excluding carboxylic acids is 2. The van der Waals surface area contributed by atoms with E-state index in [1.165, 1.54) is 36.4 Å². The monoisotopic (exact) mass is 415 g/mol. The summed E-state index contributed by atoms with van der Waals surface area (Å²) in [7, 11) is 0. The third-order valence-electron chi connectivity index (χ3n) is 4.11. The average Bonchev–Trinajstić information content (AvgIpc) is 2.95. The molecule has 2 amide bonds. The number of amides is 2. The molecule has 1 fully saturated rings. The Bertz CT molecular complexity index is 978. The number of carbonyl (C=O) groups is 3. The summed E-state index contributed by atoms with van der Waals surface area (Å²) in [5.74, 6) is -2.28. The number of carboxylic acids is 1. The molecule has 0 spiro atoms. The average molecular weight is 415 g/mol. The molecule has 2 aromatic carbocycles. The maximum absolute atomic E-state index is 13.4. The molecular weight excluding hydrogens is 397 g/mol. The van der Waals surface area contributed by atoms with Crippen LogP contribution in [0.2, 0.25) is 0 Å². The van der Waals surface area contributed by atoms with Crippen LogP contribution in [0, 0.1) is 5.82 Å². The van der Waals surface area contributed by atoms with Crippen LogP contribution in [0.4, 0.5) is 15.8 Å². The van der Waals surface area contributed by atoms with Crippen molar-refractivity contribution >= 4 is 46.1 Å². The Labute approximate surface area is 170 Å². The lowest BCUT2D eigenvalue weighted by molar-refractivity contribution is -0.121. The van der Waals surface area contributed by atoms with Crippen LogP contribution in [0.25, 0.3) is 0 Å². The highest BCUT2D eigenvalue weighted by Crippen LogP contribution is 2.31. The number of rotatable bonds is 5. The first-order valence-corrected chi connectivity index (χ1v) is 9.71. The standard InChI is InChI=1S/C20H18FN3O4S/c1-2-22-20(23-14-5-3-4-13(21)10-14)29-16-11-17(25)24(18(16)26)15-8-6-12(7-9-15)19(27)28/h3-10,16H,2,11H2,1H3,(H,22,23)(H,27,28)/t16-/m0/s1. The van der Waals surface area contributed by atoms with Crippen molar-refractivity contribution in [2.45, 2.75) is 18.6 Å². The lowest BCUT2D eigenvalue weighted by Gasteiger charge is -2.16. The summed E-state index contributed by atoms with van der Waals surface area (Å²) in [6, 6.07) is 11.4. The number of hydrogen-bond donors (Lipinski definition) is 2. The van der Waals surface area contributed by atoms with Gasteiger partial charge in [0, 0.05) is 18.7 Å². The predicted octanol–water partition coefficient (Wildman–Crippen LogP) is 3.38. The Hall–Kier alpha value is -3.20. The number of nitrogens with zero attached hydrogens (tertiary/aromatic N) is 2. The molecule has 150 valence electrons. The van der Waals surface area contributed by atoms with Crippen molar-refractivity contribution < 1.29 is 23.9 Å². The number of amidine groups is 1. The number of imide groups is 1. The molecule has 1 atom stereocenters. The quantitative estimate of drug-likeness (QED) is 0.441. The molecular formula is C20H18FN3O4S. The van der Waals surface area contributed by atoms with Gasteiger partial charge in [0.15, 0.2) is 5.17 Å². The SMILES string of the molecule is CCN=C(Nc1cccc(F)c1)S[C@H]1CC(=O)N(c2ccc(C(=O)O)cc2)C1=O. The highest BCUT2D eigenvalue weighted by Gasteiger charge is 2.40. The highest BCUT2D eigenvalue weighted by atomic mass is 32.2. The molecule has 0 radical (unpaired) electrons. The number of thioether (sulfide) groups is 1. The third-order valence-corrected chi connectivity index (χ3v) is 5.22. The minimum Gasteiger partial charge on any atom is -0.478 e. The van der Waals surface area contributed by atoms with E-state index in [2.05, 4.69) is 10.3 Å². The maximum Gasteiger partial charge on any atom is 0.335 e. The number of halogens is 1. The van der Waals surface area contributed by atoms with Crippen LogP contribution in [0.5, 0.6) is 0 Å². The molecule has 0 bridgehead atoms. The van der Waals surface area contributed by atoms with Crippen molar-refractivity contribution in [1.29, 1.82) is 0 Å². The van der Waals surface area contributed by atoms with Gasteiger partial charge in [-0.3, -0.25) is 14.6 Å². The normalized spacial score (nSPS) is 17.0. The van der Waals surface area contributed by atoms with Gasteiger partial charge in [0.1, 0.15) is 11.1 Å².